The number of hydrogen-bond acceptors (Lipinski definition) is 7. The lowest BCUT2D eigenvalue weighted by Gasteiger charge is -2.27. The molecule has 2 aliphatic rings. The van der Waals surface area contributed by atoms with Gasteiger partial charge < -0.3 is 29.7 Å². The van der Waals surface area contributed by atoms with E-state index in [-0.39, 0.29) is 6.03 Å². The molecule has 0 atom stereocenters. The minimum absolute atomic E-state index is 0.354. The van der Waals surface area contributed by atoms with Gasteiger partial charge in [0.15, 0.2) is 17.3 Å². The van der Waals surface area contributed by atoms with E-state index in [9.17, 15) is 4.79 Å². The Bertz CT molecular complexity index is 1100. The van der Waals surface area contributed by atoms with Crippen LogP contribution in [-0.2, 0) is 4.74 Å². The number of nitrogens with one attached hydrogen (secondary N) is 2. The molecule has 2 amide bonds. The van der Waals surface area contributed by atoms with Crippen molar-refractivity contribution < 1.29 is 19.0 Å². The van der Waals surface area contributed by atoms with Gasteiger partial charge in [0.2, 0.25) is 0 Å². The number of benzene rings is 2. The lowest BCUT2D eigenvalue weighted by molar-refractivity contribution is 0.122. The van der Waals surface area contributed by atoms with Gasteiger partial charge in [-0.2, -0.15) is 0 Å². The Morgan fingerprint density at radius 1 is 0.812 bits per heavy atom. The predicted molar refractivity (Wildman–Crippen MR) is 121 cm³/mol. The molecule has 2 aliphatic heterocycles. The lowest BCUT2D eigenvalue weighted by Crippen LogP contribution is -2.36. The monoisotopic (exact) mass is 433 g/mol. The molecule has 1 fully saturated rings. The standard InChI is InChI=1S/C23H23N5O4/c29-23(25-18-4-6-20-21(15-18)32-13-12-31-20)24-17-3-1-2-16(14-17)19-5-7-22(27-26-19)28-8-10-30-11-9-28/h1-7,14-15H,8-13H2,(H2,24,25,29). The molecule has 3 aromatic rings. The van der Waals surface area contributed by atoms with Crippen molar-refractivity contribution in [2.24, 2.45) is 0 Å². The largest absolute Gasteiger partial charge is 0.486 e. The molecule has 32 heavy (non-hydrogen) atoms. The van der Waals surface area contributed by atoms with Crippen molar-refractivity contribution in [2.75, 3.05) is 55.1 Å². The molecule has 0 aliphatic carbocycles. The van der Waals surface area contributed by atoms with Gasteiger partial charge in [-0.25, -0.2) is 4.79 Å². The Morgan fingerprint density at radius 2 is 1.59 bits per heavy atom. The topological polar surface area (TPSA) is 97.8 Å². The molecule has 0 radical (unpaired) electrons. The van der Waals surface area contributed by atoms with Gasteiger partial charge in [0.25, 0.3) is 0 Å². The number of anilines is 3. The van der Waals surface area contributed by atoms with E-state index in [2.05, 4.69) is 25.7 Å². The van der Waals surface area contributed by atoms with Gasteiger partial charge >= 0.3 is 6.03 Å². The summed E-state index contributed by atoms with van der Waals surface area (Å²) in [6, 6.07) is 16.3. The quantitative estimate of drug-likeness (QED) is 0.651. The molecule has 0 bridgehead atoms. The minimum Gasteiger partial charge on any atom is -0.486 e. The average Bonchev–Trinajstić information content (AvgIpc) is 2.85. The molecule has 2 aromatic carbocycles. The van der Waals surface area contributed by atoms with Gasteiger partial charge in [0.05, 0.1) is 18.9 Å². The maximum atomic E-state index is 12.5. The van der Waals surface area contributed by atoms with E-state index in [4.69, 9.17) is 14.2 Å². The van der Waals surface area contributed by atoms with Crippen LogP contribution in [0.25, 0.3) is 11.3 Å². The van der Waals surface area contributed by atoms with E-state index in [1.165, 1.54) is 0 Å². The van der Waals surface area contributed by atoms with Crippen LogP contribution in [0.4, 0.5) is 22.0 Å². The number of nitrogens with zero attached hydrogens (tertiary/aromatic N) is 3. The summed E-state index contributed by atoms with van der Waals surface area (Å²) in [7, 11) is 0. The van der Waals surface area contributed by atoms with Crippen molar-refractivity contribution in [3.63, 3.8) is 0 Å². The third-order valence-corrected chi connectivity index (χ3v) is 5.20. The fourth-order valence-corrected chi connectivity index (χ4v) is 3.61. The first-order chi connectivity index (χ1) is 15.7. The van der Waals surface area contributed by atoms with Crippen LogP contribution in [0.2, 0.25) is 0 Å². The highest BCUT2D eigenvalue weighted by molar-refractivity contribution is 6.00. The number of hydrogen-bond donors (Lipinski definition) is 2. The third kappa shape index (κ3) is 4.57. The van der Waals surface area contributed by atoms with E-state index in [0.717, 1.165) is 30.2 Å². The molecule has 0 spiro atoms. The summed E-state index contributed by atoms with van der Waals surface area (Å²) in [6.07, 6.45) is 0. The van der Waals surface area contributed by atoms with Crippen LogP contribution in [-0.4, -0.2) is 55.7 Å². The Labute approximate surface area is 185 Å². The third-order valence-electron chi connectivity index (χ3n) is 5.20. The number of aromatic nitrogens is 2. The van der Waals surface area contributed by atoms with Crippen molar-refractivity contribution in [1.82, 2.24) is 10.2 Å². The number of fused-ring (bicyclic) bond motifs is 1. The summed E-state index contributed by atoms with van der Waals surface area (Å²) in [5.74, 6) is 2.14. The smallest absolute Gasteiger partial charge is 0.323 e. The van der Waals surface area contributed by atoms with Crippen LogP contribution >= 0.6 is 0 Å². The van der Waals surface area contributed by atoms with Gasteiger partial charge in [0, 0.05) is 36.1 Å². The second-order valence-electron chi connectivity index (χ2n) is 7.39. The van der Waals surface area contributed by atoms with E-state index in [1.54, 1.807) is 18.2 Å². The zero-order chi connectivity index (χ0) is 21.8. The normalized spacial score (nSPS) is 15.2. The first-order valence-corrected chi connectivity index (χ1v) is 10.5. The molecule has 3 heterocycles. The van der Waals surface area contributed by atoms with Crippen molar-refractivity contribution in [1.29, 1.82) is 0 Å². The van der Waals surface area contributed by atoms with Crippen LogP contribution < -0.4 is 25.0 Å². The van der Waals surface area contributed by atoms with Crippen molar-refractivity contribution >= 4 is 23.2 Å². The highest BCUT2D eigenvalue weighted by Gasteiger charge is 2.14. The van der Waals surface area contributed by atoms with Crippen molar-refractivity contribution in [3.05, 3.63) is 54.6 Å². The Hall–Kier alpha value is -3.85. The summed E-state index contributed by atoms with van der Waals surface area (Å²) >= 11 is 0. The van der Waals surface area contributed by atoms with Crippen LogP contribution in [0.1, 0.15) is 0 Å². The molecule has 1 saturated heterocycles. The summed E-state index contributed by atoms with van der Waals surface area (Å²) in [5, 5.41) is 14.4. The maximum Gasteiger partial charge on any atom is 0.323 e. The van der Waals surface area contributed by atoms with E-state index in [1.807, 2.05) is 36.4 Å². The van der Waals surface area contributed by atoms with Crippen LogP contribution in [0.5, 0.6) is 11.5 Å². The summed E-state index contributed by atoms with van der Waals surface area (Å²) in [6.45, 7) is 4.04. The molecule has 9 nitrogen and oxygen atoms in total. The molecule has 9 heteroatoms. The highest BCUT2D eigenvalue weighted by atomic mass is 16.6. The van der Waals surface area contributed by atoms with Crippen LogP contribution in [0.15, 0.2) is 54.6 Å². The molecule has 0 unspecified atom stereocenters. The predicted octanol–water partition coefficient (Wildman–Crippen LogP) is 3.40. The Balaban J connectivity index is 1.24. The summed E-state index contributed by atoms with van der Waals surface area (Å²) in [4.78, 5) is 14.6. The van der Waals surface area contributed by atoms with Gasteiger partial charge in [-0.3, -0.25) is 0 Å². The fraction of sp³-hybridized carbons (Fsp3) is 0.261. The second-order valence-corrected chi connectivity index (χ2v) is 7.39. The van der Waals surface area contributed by atoms with Crippen molar-refractivity contribution in [3.8, 4) is 22.8 Å². The molecule has 0 saturated carbocycles. The van der Waals surface area contributed by atoms with Gasteiger partial charge in [-0.15, -0.1) is 10.2 Å². The van der Waals surface area contributed by atoms with E-state index >= 15 is 0 Å². The van der Waals surface area contributed by atoms with Crippen LogP contribution in [0.3, 0.4) is 0 Å². The number of amides is 2. The molecular weight excluding hydrogens is 410 g/mol. The van der Waals surface area contributed by atoms with Crippen molar-refractivity contribution in [2.45, 2.75) is 0 Å². The second kappa shape index (κ2) is 9.11. The molecule has 2 N–H and O–H groups in total. The summed E-state index contributed by atoms with van der Waals surface area (Å²) in [5.41, 5.74) is 2.87. The average molecular weight is 433 g/mol. The minimum atomic E-state index is -0.354. The Kier molecular flexibility index (Phi) is 5.71. The molecule has 5 rings (SSSR count). The molecular formula is C23H23N5O4. The zero-order valence-corrected chi connectivity index (χ0v) is 17.4. The number of carbonyl (C=O) groups is 1. The maximum absolute atomic E-state index is 12.5. The van der Waals surface area contributed by atoms with E-state index < -0.39 is 0 Å². The van der Waals surface area contributed by atoms with Gasteiger partial charge in [-0.1, -0.05) is 12.1 Å². The zero-order valence-electron chi connectivity index (χ0n) is 17.4. The fourth-order valence-electron chi connectivity index (χ4n) is 3.61. The molecule has 164 valence electrons. The number of ether oxygens (including phenoxy) is 3. The summed E-state index contributed by atoms with van der Waals surface area (Å²) < 4.78 is 16.4. The van der Waals surface area contributed by atoms with Crippen LogP contribution in [0, 0.1) is 0 Å². The number of morpholine rings is 1. The lowest BCUT2D eigenvalue weighted by atomic mass is 10.1. The first-order valence-electron chi connectivity index (χ1n) is 10.5. The number of rotatable bonds is 4. The van der Waals surface area contributed by atoms with Gasteiger partial charge in [0.1, 0.15) is 13.2 Å². The Morgan fingerprint density at radius 3 is 2.38 bits per heavy atom. The molecule has 1 aromatic heterocycles. The SMILES string of the molecule is O=C(Nc1cccc(-c2ccc(N3CCOCC3)nn2)c1)Nc1ccc2c(c1)OCCO2. The van der Waals surface area contributed by atoms with E-state index in [0.29, 0.717) is 49.3 Å². The number of urea groups is 1. The first kappa shape index (κ1) is 20.1. The number of carbonyl (C=O) groups excluding carboxylic acids is 1. The van der Waals surface area contributed by atoms with Gasteiger partial charge in [-0.05, 0) is 36.4 Å². The highest BCUT2D eigenvalue weighted by Crippen LogP contribution is 2.32.